The summed E-state index contributed by atoms with van der Waals surface area (Å²) in [5.41, 5.74) is 3.10. The number of nitrogens with one attached hydrogen (secondary N) is 3. The maximum atomic E-state index is 13.7. The quantitative estimate of drug-likeness (QED) is 0.316. The van der Waals surface area contributed by atoms with Gasteiger partial charge in [0.1, 0.15) is 6.04 Å². The van der Waals surface area contributed by atoms with Crippen molar-refractivity contribution in [2.24, 2.45) is 0 Å². The minimum absolute atomic E-state index is 0.109. The third-order valence-corrected chi connectivity index (χ3v) is 7.79. The first-order valence-electron chi connectivity index (χ1n) is 13.2. The monoisotopic (exact) mass is 584 g/mol. The number of fused-ring (bicyclic) bond motifs is 1. The molecular formula is C30H31F3N4O3S. The second-order valence-corrected chi connectivity index (χ2v) is 10.6. The fraction of sp³-hybridized carbons (Fsp3) is 0.300. The standard InChI is InChI=1S/C30H31F3N4O3S/c1-3-6-27(38)36-24-18-41-26-15-22(30(31,32)33)13-14-25(26)37(28(24)39)17-19-9-11-20(12-10-19)23-8-5-4-7-21(23)16-35-29(40)34-2/h4-5,7-15,24H,3,6,16-18H2,1-2H3,(H,36,38)(H2,34,35,40)/t24-/m1/s1. The number of carbonyl (C=O) groups is 3. The van der Waals surface area contributed by atoms with Gasteiger partial charge in [0.15, 0.2) is 0 Å². The predicted octanol–water partition coefficient (Wildman–Crippen LogP) is 5.73. The zero-order chi connectivity index (χ0) is 29.6. The van der Waals surface area contributed by atoms with Crippen LogP contribution in [0.2, 0.25) is 0 Å². The molecule has 4 rings (SSSR count). The zero-order valence-corrected chi connectivity index (χ0v) is 23.5. The van der Waals surface area contributed by atoms with Crippen molar-refractivity contribution in [3.63, 3.8) is 0 Å². The minimum Gasteiger partial charge on any atom is -0.343 e. The molecular weight excluding hydrogens is 553 g/mol. The van der Waals surface area contributed by atoms with Gasteiger partial charge in [-0.1, -0.05) is 55.5 Å². The smallest absolute Gasteiger partial charge is 0.343 e. The highest BCUT2D eigenvalue weighted by atomic mass is 32.2. The molecule has 0 radical (unpaired) electrons. The van der Waals surface area contributed by atoms with Crippen LogP contribution in [0.15, 0.2) is 71.6 Å². The van der Waals surface area contributed by atoms with E-state index in [4.69, 9.17) is 0 Å². The molecule has 7 nitrogen and oxygen atoms in total. The van der Waals surface area contributed by atoms with Crippen molar-refractivity contribution in [1.29, 1.82) is 0 Å². The van der Waals surface area contributed by atoms with Crippen LogP contribution in [-0.2, 0) is 28.9 Å². The highest BCUT2D eigenvalue weighted by molar-refractivity contribution is 7.99. The topological polar surface area (TPSA) is 90.5 Å². The molecule has 4 amide bonds. The summed E-state index contributed by atoms with van der Waals surface area (Å²) in [6.07, 6.45) is -3.66. The van der Waals surface area contributed by atoms with E-state index < -0.39 is 17.8 Å². The maximum absolute atomic E-state index is 13.7. The Morgan fingerprint density at radius 1 is 1.05 bits per heavy atom. The summed E-state index contributed by atoms with van der Waals surface area (Å²) in [5.74, 6) is -0.531. The third-order valence-electron chi connectivity index (χ3n) is 6.65. The van der Waals surface area contributed by atoms with Crippen molar-refractivity contribution in [2.45, 2.75) is 50.0 Å². The van der Waals surface area contributed by atoms with Gasteiger partial charge >= 0.3 is 12.2 Å². The number of hydrogen-bond donors (Lipinski definition) is 3. The van der Waals surface area contributed by atoms with Crippen LogP contribution in [0.4, 0.5) is 23.7 Å². The molecule has 41 heavy (non-hydrogen) atoms. The van der Waals surface area contributed by atoms with Gasteiger partial charge in [0, 0.05) is 30.7 Å². The first-order valence-corrected chi connectivity index (χ1v) is 14.2. The molecule has 3 N–H and O–H groups in total. The Kier molecular flexibility index (Phi) is 9.59. The second-order valence-electron chi connectivity index (χ2n) is 9.57. The SMILES string of the molecule is CCCC(=O)N[C@@H]1CSc2cc(C(F)(F)F)ccc2N(Cc2ccc(-c3ccccc3CNC(=O)NC)cc2)C1=O. The average molecular weight is 585 g/mol. The van der Waals surface area contributed by atoms with E-state index in [-0.39, 0.29) is 36.6 Å². The average Bonchev–Trinajstić information content (AvgIpc) is 3.08. The van der Waals surface area contributed by atoms with Gasteiger partial charge in [-0.05, 0) is 46.9 Å². The van der Waals surface area contributed by atoms with E-state index in [0.717, 1.165) is 46.1 Å². The lowest BCUT2D eigenvalue weighted by Gasteiger charge is -2.26. The largest absolute Gasteiger partial charge is 0.416 e. The zero-order valence-electron chi connectivity index (χ0n) is 22.7. The van der Waals surface area contributed by atoms with E-state index in [1.54, 1.807) is 7.05 Å². The number of urea groups is 1. The summed E-state index contributed by atoms with van der Waals surface area (Å²) in [7, 11) is 1.54. The van der Waals surface area contributed by atoms with Gasteiger partial charge in [0.25, 0.3) is 5.91 Å². The minimum atomic E-state index is -4.52. The van der Waals surface area contributed by atoms with Crippen molar-refractivity contribution in [3.8, 4) is 11.1 Å². The normalized spacial score (nSPS) is 15.1. The maximum Gasteiger partial charge on any atom is 0.416 e. The number of benzene rings is 3. The summed E-state index contributed by atoms with van der Waals surface area (Å²) in [5, 5.41) is 8.07. The molecule has 1 aliphatic heterocycles. The molecule has 0 aliphatic carbocycles. The Labute approximate surface area is 240 Å². The first kappa shape index (κ1) is 30.0. The number of halogens is 3. The molecule has 1 atom stereocenters. The van der Waals surface area contributed by atoms with E-state index in [1.165, 1.54) is 11.0 Å². The van der Waals surface area contributed by atoms with E-state index in [9.17, 15) is 27.6 Å². The molecule has 216 valence electrons. The van der Waals surface area contributed by atoms with Gasteiger partial charge in [0.2, 0.25) is 5.91 Å². The fourth-order valence-corrected chi connectivity index (χ4v) is 5.64. The molecule has 0 aromatic heterocycles. The van der Waals surface area contributed by atoms with Crippen LogP contribution in [0.25, 0.3) is 11.1 Å². The number of carbonyl (C=O) groups excluding carboxylic acids is 3. The summed E-state index contributed by atoms with van der Waals surface area (Å²) < 4.78 is 40.4. The van der Waals surface area contributed by atoms with Crippen molar-refractivity contribution in [1.82, 2.24) is 16.0 Å². The summed E-state index contributed by atoms with van der Waals surface area (Å²) >= 11 is 1.12. The number of anilines is 1. The fourth-order valence-electron chi connectivity index (χ4n) is 4.53. The van der Waals surface area contributed by atoms with Crippen LogP contribution < -0.4 is 20.9 Å². The second kappa shape index (κ2) is 13.1. The number of amides is 4. The Morgan fingerprint density at radius 2 is 1.78 bits per heavy atom. The van der Waals surface area contributed by atoms with E-state index >= 15 is 0 Å². The van der Waals surface area contributed by atoms with Crippen LogP contribution in [0.5, 0.6) is 0 Å². The lowest BCUT2D eigenvalue weighted by atomic mass is 9.98. The third kappa shape index (κ3) is 7.40. The van der Waals surface area contributed by atoms with Gasteiger partial charge in [-0.25, -0.2) is 4.79 Å². The lowest BCUT2D eigenvalue weighted by molar-refractivity contribution is -0.137. The van der Waals surface area contributed by atoms with Gasteiger partial charge in [0.05, 0.1) is 17.8 Å². The number of alkyl halides is 3. The van der Waals surface area contributed by atoms with Gasteiger partial charge < -0.3 is 20.9 Å². The molecule has 1 heterocycles. The molecule has 0 bridgehead atoms. The Morgan fingerprint density at radius 3 is 2.46 bits per heavy atom. The van der Waals surface area contributed by atoms with Gasteiger partial charge in [-0.2, -0.15) is 13.2 Å². The molecule has 0 saturated carbocycles. The number of rotatable bonds is 8. The Balaban J connectivity index is 1.62. The van der Waals surface area contributed by atoms with Crippen LogP contribution in [0.3, 0.4) is 0 Å². The molecule has 3 aromatic carbocycles. The lowest BCUT2D eigenvalue weighted by Crippen LogP contribution is -2.49. The first-order chi connectivity index (χ1) is 19.6. The van der Waals surface area contributed by atoms with Gasteiger partial charge in [-0.3, -0.25) is 9.59 Å². The highest BCUT2D eigenvalue weighted by Crippen LogP contribution is 2.40. The summed E-state index contributed by atoms with van der Waals surface area (Å²) in [6.45, 7) is 2.29. The van der Waals surface area contributed by atoms with Crippen molar-refractivity contribution < 1.29 is 27.6 Å². The van der Waals surface area contributed by atoms with E-state index in [0.29, 0.717) is 23.5 Å². The molecule has 1 aliphatic rings. The Bertz CT molecular complexity index is 1410. The molecule has 0 fully saturated rings. The van der Waals surface area contributed by atoms with Crippen LogP contribution >= 0.6 is 11.8 Å². The van der Waals surface area contributed by atoms with Crippen molar-refractivity contribution in [3.05, 3.63) is 83.4 Å². The molecule has 0 saturated heterocycles. The van der Waals surface area contributed by atoms with Gasteiger partial charge in [-0.15, -0.1) is 11.8 Å². The molecule has 11 heteroatoms. The predicted molar refractivity (Wildman–Crippen MR) is 153 cm³/mol. The van der Waals surface area contributed by atoms with Crippen molar-refractivity contribution >= 4 is 35.3 Å². The number of nitrogens with zero attached hydrogens (tertiary/aromatic N) is 1. The highest BCUT2D eigenvalue weighted by Gasteiger charge is 2.35. The number of thioether (sulfide) groups is 1. The van der Waals surface area contributed by atoms with E-state index in [2.05, 4.69) is 16.0 Å². The summed E-state index contributed by atoms with van der Waals surface area (Å²) in [6, 6.07) is 17.4. The Hall–Kier alpha value is -3.99. The number of hydrogen-bond acceptors (Lipinski definition) is 4. The molecule has 0 spiro atoms. The van der Waals surface area contributed by atoms with Crippen molar-refractivity contribution in [2.75, 3.05) is 17.7 Å². The molecule has 0 unspecified atom stereocenters. The molecule has 3 aromatic rings. The van der Waals surface area contributed by atoms with Crippen LogP contribution in [-0.4, -0.2) is 36.7 Å². The van der Waals surface area contributed by atoms with Crippen LogP contribution in [0.1, 0.15) is 36.5 Å². The van der Waals surface area contributed by atoms with Crippen LogP contribution in [0, 0.1) is 0 Å². The van der Waals surface area contributed by atoms with E-state index in [1.807, 2.05) is 55.5 Å². The summed E-state index contributed by atoms with van der Waals surface area (Å²) in [4.78, 5) is 39.4.